The average molecular weight is 331 g/mol. The number of aromatic nitrogens is 2. The minimum atomic E-state index is -0.130. The number of benzene rings is 1. The standard InChI is InChI=1S/C17H19ClN4O/c18-15-8-4-1-5-12(15)10-22(13-6-2-3-7-13)17(23)14-9-20-11-21-16(14)19/h1,4-5,8-9,11,13H,2-3,6-7,10H2,(H2,19,20,21). The van der Waals surface area contributed by atoms with Gasteiger partial charge in [-0.2, -0.15) is 0 Å². The Morgan fingerprint density at radius 2 is 2.04 bits per heavy atom. The normalized spacial score (nSPS) is 14.8. The first kappa shape index (κ1) is 15.7. The predicted molar refractivity (Wildman–Crippen MR) is 90.0 cm³/mol. The van der Waals surface area contributed by atoms with Crippen LogP contribution in [0.25, 0.3) is 0 Å². The molecular formula is C17H19ClN4O. The van der Waals surface area contributed by atoms with Crippen LogP contribution >= 0.6 is 11.6 Å². The summed E-state index contributed by atoms with van der Waals surface area (Å²) in [6, 6.07) is 7.81. The van der Waals surface area contributed by atoms with Gasteiger partial charge in [-0.3, -0.25) is 4.79 Å². The summed E-state index contributed by atoms with van der Waals surface area (Å²) in [7, 11) is 0. The van der Waals surface area contributed by atoms with Gasteiger partial charge in [-0.1, -0.05) is 42.6 Å². The van der Waals surface area contributed by atoms with Gasteiger partial charge in [0, 0.05) is 23.8 Å². The molecule has 1 aliphatic carbocycles. The molecule has 2 N–H and O–H groups in total. The van der Waals surface area contributed by atoms with Crippen molar-refractivity contribution in [3.05, 3.63) is 52.9 Å². The van der Waals surface area contributed by atoms with Crippen molar-refractivity contribution in [2.24, 2.45) is 0 Å². The molecule has 1 saturated carbocycles. The van der Waals surface area contributed by atoms with Crippen molar-refractivity contribution in [3.63, 3.8) is 0 Å². The second-order valence-electron chi connectivity index (χ2n) is 5.78. The van der Waals surface area contributed by atoms with Crippen molar-refractivity contribution in [1.29, 1.82) is 0 Å². The summed E-state index contributed by atoms with van der Waals surface area (Å²) in [6.45, 7) is 0.470. The van der Waals surface area contributed by atoms with Gasteiger partial charge < -0.3 is 10.6 Å². The minimum Gasteiger partial charge on any atom is -0.383 e. The van der Waals surface area contributed by atoms with E-state index in [4.69, 9.17) is 17.3 Å². The van der Waals surface area contributed by atoms with Crippen molar-refractivity contribution in [1.82, 2.24) is 14.9 Å². The number of hydrogen-bond acceptors (Lipinski definition) is 4. The van der Waals surface area contributed by atoms with E-state index >= 15 is 0 Å². The van der Waals surface area contributed by atoms with Crippen LogP contribution in [0.4, 0.5) is 5.82 Å². The number of halogens is 1. The first-order valence-electron chi connectivity index (χ1n) is 7.76. The van der Waals surface area contributed by atoms with Crippen LogP contribution in [-0.2, 0) is 6.54 Å². The molecule has 120 valence electrons. The third-order valence-corrected chi connectivity index (χ3v) is 4.67. The van der Waals surface area contributed by atoms with E-state index in [0.717, 1.165) is 31.2 Å². The third-order valence-electron chi connectivity index (χ3n) is 4.30. The van der Waals surface area contributed by atoms with Gasteiger partial charge in [0.1, 0.15) is 17.7 Å². The molecule has 0 bridgehead atoms. The number of nitrogens with zero attached hydrogens (tertiary/aromatic N) is 3. The van der Waals surface area contributed by atoms with Crippen molar-refractivity contribution >= 4 is 23.3 Å². The molecule has 1 aromatic carbocycles. The van der Waals surface area contributed by atoms with Gasteiger partial charge in [-0.15, -0.1) is 0 Å². The molecule has 0 atom stereocenters. The van der Waals surface area contributed by atoms with Gasteiger partial charge in [-0.05, 0) is 24.5 Å². The molecule has 1 amide bonds. The van der Waals surface area contributed by atoms with Crippen LogP contribution in [0.3, 0.4) is 0 Å². The lowest BCUT2D eigenvalue weighted by atomic mass is 10.1. The van der Waals surface area contributed by atoms with Crippen molar-refractivity contribution < 1.29 is 4.79 Å². The summed E-state index contributed by atoms with van der Waals surface area (Å²) in [5.74, 6) is 0.0853. The maximum Gasteiger partial charge on any atom is 0.259 e. The molecule has 1 heterocycles. The lowest BCUT2D eigenvalue weighted by molar-refractivity contribution is 0.0665. The fraction of sp³-hybridized carbons (Fsp3) is 0.353. The van der Waals surface area contributed by atoms with Gasteiger partial charge >= 0.3 is 0 Å². The Morgan fingerprint density at radius 1 is 1.30 bits per heavy atom. The van der Waals surface area contributed by atoms with E-state index in [1.807, 2.05) is 29.2 Å². The summed E-state index contributed by atoms with van der Waals surface area (Å²) in [6.07, 6.45) is 7.11. The molecule has 0 radical (unpaired) electrons. The summed E-state index contributed by atoms with van der Waals surface area (Å²) in [4.78, 5) is 22.7. The summed E-state index contributed by atoms with van der Waals surface area (Å²) in [5, 5.41) is 0.667. The highest BCUT2D eigenvalue weighted by molar-refractivity contribution is 6.31. The van der Waals surface area contributed by atoms with Crippen LogP contribution in [-0.4, -0.2) is 26.8 Å². The zero-order valence-corrected chi connectivity index (χ0v) is 13.5. The number of nitrogens with two attached hydrogens (primary N) is 1. The Bertz CT molecular complexity index is 700. The van der Waals surface area contributed by atoms with Crippen LogP contribution in [0, 0.1) is 0 Å². The molecule has 5 nitrogen and oxygen atoms in total. The highest BCUT2D eigenvalue weighted by Gasteiger charge is 2.29. The Kier molecular flexibility index (Phi) is 4.76. The number of nitrogen functional groups attached to an aromatic ring is 1. The van der Waals surface area contributed by atoms with Crippen LogP contribution in [0.1, 0.15) is 41.6 Å². The number of hydrogen-bond donors (Lipinski definition) is 1. The number of carbonyl (C=O) groups excluding carboxylic acids is 1. The molecule has 0 aliphatic heterocycles. The predicted octanol–water partition coefficient (Wildman–Crippen LogP) is 3.30. The van der Waals surface area contributed by atoms with E-state index in [0.29, 0.717) is 17.1 Å². The van der Waals surface area contributed by atoms with E-state index in [1.54, 1.807) is 0 Å². The lowest BCUT2D eigenvalue weighted by Gasteiger charge is -2.29. The van der Waals surface area contributed by atoms with E-state index in [9.17, 15) is 4.79 Å². The SMILES string of the molecule is Nc1ncncc1C(=O)N(Cc1ccccc1Cl)C1CCCC1. The van der Waals surface area contributed by atoms with Gasteiger partial charge in [-0.25, -0.2) is 9.97 Å². The molecule has 1 aromatic heterocycles. The highest BCUT2D eigenvalue weighted by Crippen LogP contribution is 2.28. The van der Waals surface area contributed by atoms with E-state index in [-0.39, 0.29) is 17.8 Å². The zero-order valence-electron chi connectivity index (χ0n) is 12.8. The molecule has 3 rings (SSSR count). The van der Waals surface area contributed by atoms with Gasteiger partial charge in [0.05, 0.1) is 0 Å². The molecule has 0 unspecified atom stereocenters. The Labute approximate surface area is 140 Å². The van der Waals surface area contributed by atoms with Crippen molar-refractivity contribution in [3.8, 4) is 0 Å². The Morgan fingerprint density at radius 3 is 2.74 bits per heavy atom. The summed E-state index contributed by atoms with van der Waals surface area (Å²) < 4.78 is 0. The third kappa shape index (κ3) is 3.45. The maximum absolute atomic E-state index is 13.0. The summed E-state index contributed by atoms with van der Waals surface area (Å²) >= 11 is 6.27. The fourth-order valence-electron chi connectivity index (χ4n) is 3.05. The second-order valence-corrected chi connectivity index (χ2v) is 6.19. The maximum atomic E-state index is 13.0. The van der Waals surface area contributed by atoms with E-state index in [2.05, 4.69) is 9.97 Å². The topological polar surface area (TPSA) is 72.1 Å². The molecule has 0 spiro atoms. The number of anilines is 1. The largest absolute Gasteiger partial charge is 0.383 e. The average Bonchev–Trinajstić information content (AvgIpc) is 3.08. The lowest BCUT2D eigenvalue weighted by Crippen LogP contribution is -2.38. The van der Waals surface area contributed by atoms with Gasteiger partial charge in [0.2, 0.25) is 0 Å². The number of amides is 1. The first-order chi connectivity index (χ1) is 11.2. The van der Waals surface area contributed by atoms with Crippen LogP contribution in [0.2, 0.25) is 5.02 Å². The smallest absolute Gasteiger partial charge is 0.259 e. The van der Waals surface area contributed by atoms with E-state index in [1.165, 1.54) is 12.5 Å². The highest BCUT2D eigenvalue weighted by atomic mass is 35.5. The second kappa shape index (κ2) is 6.96. The van der Waals surface area contributed by atoms with Gasteiger partial charge in [0.15, 0.2) is 0 Å². The van der Waals surface area contributed by atoms with E-state index < -0.39 is 0 Å². The molecule has 0 saturated heterocycles. The first-order valence-corrected chi connectivity index (χ1v) is 8.14. The fourth-order valence-corrected chi connectivity index (χ4v) is 3.25. The minimum absolute atomic E-state index is 0.130. The number of rotatable bonds is 4. The molecular weight excluding hydrogens is 312 g/mol. The van der Waals surface area contributed by atoms with Gasteiger partial charge in [0.25, 0.3) is 5.91 Å². The Balaban J connectivity index is 1.91. The van der Waals surface area contributed by atoms with Crippen molar-refractivity contribution in [2.75, 3.05) is 5.73 Å². The molecule has 6 heteroatoms. The quantitative estimate of drug-likeness (QED) is 0.933. The molecule has 1 fully saturated rings. The summed E-state index contributed by atoms with van der Waals surface area (Å²) in [5.41, 5.74) is 7.14. The van der Waals surface area contributed by atoms with Crippen LogP contribution in [0.15, 0.2) is 36.8 Å². The van der Waals surface area contributed by atoms with Crippen LogP contribution < -0.4 is 5.73 Å². The molecule has 23 heavy (non-hydrogen) atoms. The van der Waals surface area contributed by atoms with Crippen molar-refractivity contribution in [2.45, 2.75) is 38.3 Å². The zero-order chi connectivity index (χ0) is 16.2. The van der Waals surface area contributed by atoms with Crippen LogP contribution in [0.5, 0.6) is 0 Å². The molecule has 1 aliphatic rings. The number of carbonyl (C=O) groups is 1. The monoisotopic (exact) mass is 330 g/mol. The molecule has 2 aromatic rings. The Hall–Kier alpha value is -2.14.